The van der Waals surface area contributed by atoms with Crippen molar-refractivity contribution in [1.82, 2.24) is 0 Å². The largest absolute Gasteiger partial charge is 0.465 e. The van der Waals surface area contributed by atoms with Crippen molar-refractivity contribution in [3.63, 3.8) is 0 Å². The van der Waals surface area contributed by atoms with Crippen molar-refractivity contribution in [3.05, 3.63) is 0 Å². The Morgan fingerprint density at radius 2 is 1.80 bits per heavy atom. The SMILES string of the molecule is CCOC(=O)C(C=O)C(O)(C(=O)OCC)C1CCCC1. The third kappa shape index (κ3) is 3.17. The molecule has 0 heterocycles. The number of ether oxygens (including phenoxy) is 2. The van der Waals surface area contributed by atoms with Crippen LogP contribution < -0.4 is 0 Å². The Morgan fingerprint density at radius 3 is 2.25 bits per heavy atom. The van der Waals surface area contributed by atoms with Gasteiger partial charge in [0.15, 0.2) is 11.5 Å². The Balaban J connectivity index is 3.09. The Kier molecular flexibility index (Phi) is 6.13. The van der Waals surface area contributed by atoms with Gasteiger partial charge in [0.25, 0.3) is 0 Å². The standard InChI is InChI=1S/C14H22O6/c1-3-19-12(16)11(9-15)14(18,13(17)20-4-2)10-7-5-6-8-10/h9-11,18H,3-8H2,1-2H3. The molecule has 114 valence electrons. The lowest BCUT2D eigenvalue weighted by atomic mass is 9.76. The van der Waals surface area contributed by atoms with Crippen molar-refractivity contribution >= 4 is 18.2 Å². The number of esters is 2. The number of carbonyl (C=O) groups excluding carboxylic acids is 3. The summed E-state index contributed by atoms with van der Waals surface area (Å²) in [4.78, 5) is 35.3. The van der Waals surface area contributed by atoms with E-state index in [1.54, 1.807) is 13.8 Å². The van der Waals surface area contributed by atoms with Gasteiger partial charge in [-0.3, -0.25) is 4.79 Å². The Morgan fingerprint density at radius 1 is 1.25 bits per heavy atom. The molecule has 0 aromatic rings. The first kappa shape index (κ1) is 16.6. The molecule has 6 heteroatoms. The number of aliphatic hydroxyl groups is 1. The van der Waals surface area contributed by atoms with Gasteiger partial charge >= 0.3 is 11.9 Å². The van der Waals surface area contributed by atoms with Gasteiger partial charge in [-0.2, -0.15) is 0 Å². The fourth-order valence-electron chi connectivity index (χ4n) is 2.73. The maximum Gasteiger partial charge on any atom is 0.339 e. The van der Waals surface area contributed by atoms with Crippen LogP contribution in [-0.4, -0.2) is 42.1 Å². The third-order valence-electron chi connectivity index (χ3n) is 3.73. The molecule has 0 saturated heterocycles. The highest BCUT2D eigenvalue weighted by Gasteiger charge is 2.55. The van der Waals surface area contributed by atoms with Gasteiger partial charge in [0, 0.05) is 0 Å². The zero-order valence-corrected chi connectivity index (χ0v) is 12.0. The third-order valence-corrected chi connectivity index (χ3v) is 3.73. The highest BCUT2D eigenvalue weighted by Crippen LogP contribution is 2.39. The summed E-state index contributed by atoms with van der Waals surface area (Å²) in [5.41, 5.74) is -2.12. The predicted molar refractivity (Wildman–Crippen MR) is 69.7 cm³/mol. The molecule has 0 amide bonds. The van der Waals surface area contributed by atoms with E-state index in [1.165, 1.54) is 0 Å². The molecule has 2 unspecified atom stereocenters. The van der Waals surface area contributed by atoms with E-state index in [-0.39, 0.29) is 19.5 Å². The van der Waals surface area contributed by atoms with Crippen molar-refractivity contribution in [2.75, 3.05) is 13.2 Å². The van der Waals surface area contributed by atoms with Crippen LogP contribution in [-0.2, 0) is 23.9 Å². The van der Waals surface area contributed by atoms with Crippen molar-refractivity contribution in [3.8, 4) is 0 Å². The summed E-state index contributed by atoms with van der Waals surface area (Å²) >= 11 is 0. The molecular formula is C14H22O6. The zero-order valence-electron chi connectivity index (χ0n) is 12.0. The fourth-order valence-corrected chi connectivity index (χ4v) is 2.73. The topological polar surface area (TPSA) is 89.9 Å². The minimum atomic E-state index is -2.12. The molecule has 2 atom stereocenters. The number of rotatable bonds is 7. The van der Waals surface area contributed by atoms with Crippen LogP contribution in [0.1, 0.15) is 39.5 Å². The molecule has 1 saturated carbocycles. The van der Waals surface area contributed by atoms with Crippen LogP contribution in [0, 0.1) is 11.8 Å². The minimum absolute atomic E-state index is 0.0717. The van der Waals surface area contributed by atoms with E-state index in [0.717, 1.165) is 12.8 Å². The molecule has 6 nitrogen and oxygen atoms in total. The quantitative estimate of drug-likeness (QED) is 0.424. The molecule has 20 heavy (non-hydrogen) atoms. The van der Waals surface area contributed by atoms with Crippen LogP contribution >= 0.6 is 0 Å². The van der Waals surface area contributed by atoms with Gasteiger partial charge < -0.3 is 19.4 Å². The Labute approximate surface area is 118 Å². The summed E-state index contributed by atoms with van der Waals surface area (Å²) in [5.74, 6) is -3.80. The van der Waals surface area contributed by atoms with E-state index < -0.39 is 29.4 Å². The number of hydrogen-bond donors (Lipinski definition) is 1. The molecular weight excluding hydrogens is 264 g/mol. The van der Waals surface area contributed by atoms with Crippen LogP contribution in [0.15, 0.2) is 0 Å². The van der Waals surface area contributed by atoms with Crippen LogP contribution in [0.5, 0.6) is 0 Å². The second-order valence-corrected chi connectivity index (χ2v) is 4.89. The van der Waals surface area contributed by atoms with Crippen molar-refractivity contribution < 1.29 is 29.0 Å². The van der Waals surface area contributed by atoms with Gasteiger partial charge in [-0.15, -0.1) is 0 Å². The minimum Gasteiger partial charge on any atom is -0.465 e. The summed E-state index contributed by atoms with van der Waals surface area (Å²) in [5, 5.41) is 10.8. The van der Waals surface area contributed by atoms with Crippen LogP contribution in [0.3, 0.4) is 0 Å². The highest BCUT2D eigenvalue weighted by atomic mass is 16.6. The molecule has 0 spiro atoms. The molecule has 1 rings (SSSR count). The molecule has 1 aliphatic carbocycles. The summed E-state index contributed by atoms with van der Waals surface area (Å²) in [6, 6.07) is 0. The number of aldehydes is 1. The number of hydrogen-bond acceptors (Lipinski definition) is 6. The van der Waals surface area contributed by atoms with E-state index in [9.17, 15) is 19.5 Å². The summed E-state index contributed by atoms with van der Waals surface area (Å²) < 4.78 is 9.67. The zero-order chi connectivity index (χ0) is 15.2. The van der Waals surface area contributed by atoms with Crippen molar-refractivity contribution in [2.24, 2.45) is 11.8 Å². The maximum atomic E-state index is 12.1. The lowest BCUT2D eigenvalue weighted by Crippen LogP contribution is -2.56. The van der Waals surface area contributed by atoms with Gasteiger partial charge in [0.1, 0.15) is 6.29 Å². The van der Waals surface area contributed by atoms with E-state index >= 15 is 0 Å². The van der Waals surface area contributed by atoms with Gasteiger partial charge in [0.2, 0.25) is 0 Å². The normalized spacial score (nSPS) is 19.9. The fraction of sp³-hybridized carbons (Fsp3) is 0.786. The van der Waals surface area contributed by atoms with Crippen LogP contribution in [0.2, 0.25) is 0 Å². The number of carbonyl (C=O) groups is 3. The first-order valence-corrected chi connectivity index (χ1v) is 7.03. The predicted octanol–water partition coefficient (Wildman–Crippen LogP) is 0.849. The summed E-state index contributed by atoms with van der Waals surface area (Å²) in [6.07, 6.45) is 3.15. The average molecular weight is 286 g/mol. The molecule has 1 aliphatic rings. The van der Waals surface area contributed by atoms with Crippen molar-refractivity contribution in [1.29, 1.82) is 0 Å². The summed E-state index contributed by atoms with van der Waals surface area (Å²) in [6.45, 7) is 3.35. The van der Waals surface area contributed by atoms with E-state index in [2.05, 4.69) is 0 Å². The molecule has 1 fully saturated rings. The average Bonchev–Trinajstić information content (AvgIpc) is 2.94. The van der Waals surface area contributed by atoms with Gasteiger partial charge in [-0.25, -0.2) is 4.79 Å². The van der Waals surface area contributed by atoms with Gasteiger partial charge in [0.05, 0.1) is 13.2 Å². The second-order valence-electron chi connectivity index (χ2n) is 4.89. The van der Waals surface area contributed by atoms with Crippen LogP contribution in [0.25, 0.3) is 0 Å². The molecule has 0 radical (unpaired) electrons. The molecule has 1 N–H and O–H groups in total. The Bertz CT molecular complexity index is 361. The van der Waals surface area contributed by atoms with E-state index in [0.29, 0.717) is 12.8 Å². The molecule has 0 aromatic heterocycles. The van der Waals surface area contributed by atoms with Gasteiger partial charge in [-0.05, 0) is 32.6 Å². The van der Waals surface area contributed by atoms with Crippen molar-refractivity contribution in [2.45, 2.75) is 45.1 Å². The lowest BCUT2D eigenvalue weighted by Gasteiger charge is -2.34. The summed E-state index contributed by atoms with van der Waals surface area (Å²) in [7, 11) is 0. The first-order chi connectivity index (χ1) is 9.52. The van der Waals surface area contributed by atoms with Crippen LogP contribution in [0.4, 0.5) is 0 Å². The Hall–Kier alpha value is -1.43. The lowest BCUT2D eigenvalue weighted by molar-refractivity contribution is -0.188. The molecule has 0 aliphatic heterocycles. The first-order valence-electron chi connectivity index (χ1n) is 7.03. The molecule has 0 aromatic carbocycles. The maximum absolute atomic E-state index is 12.1. The monoisotopic (exact) mass is 286 g/mol. The highest BCUT2D eigenvalue weighted by molar-refractivity contribution is 5.97. The van der Waals surface area contributed by atoms with E-state index in [1.807, 2.05) is 0 Å². The smallest absolute Gasteiger partial charge is 0.339 e. The van der Waals surface area contributed by atoms with Gasteiger partial charge in [-0.1, -0.05) is 12.8 Å². The van der Waals surface area contributed by atoms with E-state index in [4.69, 9.17) is 9.47 Å². The second kappa shape index (κ2) is 7.38. The molecule has 0 bridgehead atoms.